The topological polar surface area (TPSA) is 150 Å². The number of aromatic amines is 1. The Labute approximate surface area is 176 Å². The van der Waals surface area contributed by atoms with Gasteiger partial charge < -0.3 is 26.1 Å². The molecule has 2 heterocycles. The molecule has 2 aromatic carbocycles. The number of hydrogen-bond donors (Lipinski definition) is 5. The monoisotopic (exact) mass is 420 g/mol. The number of rotatable bonds is 6. The van der Waals surface area contributed by atoms with Gasteiger partial charge in [0, 0.05) is 28.7 Å². The minimum atomic E-state index is -1.71. The lowest BCUT2D eigenvalue weighted by molar-refractivity contribution is 0.0995. The van der Waals surface area contributed by atoms with E-state index in [0.717, 1.165) is 0 Å². The molecule has 156 valence electrons. The van der Waals surface area contributed by atoms with Gasteiger partial charge in [-0.05, 0) is 36.1 Å². The number of carbonyl (C=O) groups excluding carboxylic acids is 1. The number of nitrogens with one attached hydrogen (secondary N) is 2. The number of H-pyrrole nitrogens is 1. The number of anilines is 1. The molecule has 0 aliphatic rings. The third-order valence-electron chi connectivity index (χ3n) is 4.81. The maximum atomic E-state index is 13.5. The summed E-state index contributed by atoms with van der Waals surface area (Å²) >= 11 is 0. The fourth-order valence-corrected chi connectivity index (χ4v) is 3.45. The molecule has 2 aromatic heterocycles. The van der Waals surface area contributed by atoms with Crippen LogP contribution < -0.4 is 16.5 Å². The van der Waals surface area contributed by atoms with Gasteiger partial charge in [-0.1, -0.05) is 24.3 Å². The number of primary amides is 1. The van der Waals surface area contributed by atoms with Crippen molar-refractivity contribution in [1.29, 1.82) is 0 Å². The molecule has 6 N–H and O–H groups in total. The summed E-state index contributed by atoms with van der Waals surface area (Å²) in [5.41, 5.74) is 7.99. The Morgan fingerprint density at radius 2 is 2.00 bits per heavy atom. The first kappa shape index (κ1) is 20.4. The predicted molar refractivity (Wildman–Crippen MR) is 114 cm³/mol. The molecule has 4 aromatic rings. The van der Waals surface area contributed by atoms with Crippen molar-refractivity contribution < 1.29 is 19.2 Å². The highest BCUT2D eigenvalue weighted by Crippen LogP contribution is 2.29. The van der Waals surface area contributed by atoms with E-state index in [-0.39, 0.29) is 35.2 Å². The Morgan fingerprint density at radius 1 is 1.23 bits per heavy atom. The molecule has 0 aliphatic carbocycles. The molecule has 0 radical (unpaired) electrons. The lowest BCUT2D eigenvalue weighted by Gasteiger charge is -2.11. The number of aryl methyl sites for hydroxylation is 1. The standard InChI is InChI=1S/C20H18BFN6O3/c1-10-15(16-13(21(30)31)6-3-7-14(16)25-10)19-26-20(17(18(23)29)27-28-19)24-9-11-4-2-5-12(22)8-11/h2-8,25,30-31H,9H2,1H3,(H2,23,29)(H,24,26,28). The zero-order valence-corrected chi connectivity index (χ0v) is 16.4. The molecule has 9 nitrogen and oxygen atoms in total. The highest BCUT2D eigenvalue weighted by atomic mass is 19.1. The quantitative estimate of drug-likeness (QED) is 0.290. The van der Waals surface area contributed by atoms with Gasteiger partial charge in [0.15, 0.2) is 17.3 Å². The number of halogens is 1. The molecule has 0 aliphatic heterocycles. The summed E-state index contributed by atoms with van der Waals surface area (Å²) < 4.78 is 13.5. The minimum Gasteiger partial charge on any atom is -0.423 e. The first-order chi connectivity index (χ1) is 14.8. The normalized spacial score (nSPS) is 11.0. The smallest absolute Gasteiger partial charge is 0.423 e. The number of fused-ring (bicyclic) bond motifs is 1. The molecule has 1 amide bonds. The van der Waals surface area contributed by atoms with Crippen LogP contribution in [0.5, 0.6) is 0 Å². The first-order valence-electron chi connectivity index (χ1n) is 9.35. The summed E-state index contributed by atoms with van der Waals surface area (Å²) in [4.78, 5) is 19.4. The van der Waals surface area contributed by atoms with E-state index < -0.39 is 13.0 Å². The van der Waals surface area contributed by atoms with Crippen molar-refractivity contribution in [1.82, 2.24) is 20.2 Å². The number of hydrogen-bond acceptors (Lipinski definition) is 7. The Bertz CT molecular complexity index is 1290. The summed E-state index contributed by atoms with van der Waals surface area (Å²) in [6.45, 7) is 1.96. The van der Waals surface area contributed by atoms with Gasteiger partial charge in [0.1, 0.15) is 5.82 Å². The number of nitrogens with zero attached hydrogens (tertiary/aromatic N) is 3. The molecule has 0 bridgehead atoms. The van der Waals surface area contributed by atoms with Crippen LogP contribution in [0.1, 0.15) is 21.7 Å². The number of amides is 1. The molecule has 0 unspecified atom stereocenters. The molecular formula is C20H18BFN6O3. The molecule has 0 saturated heterocycles. The van der Waals surface area contributed by atoms with Crippen molar-refractivity contribution in [2.75, 3.05) is 5.32 Å². The average molecular weight is 420 g/mol. The van der Waals surface area contributed by atoms with Gasteiger partial charge in [-0.2, -0.15) is 0 Å². The van der Waals surface area contributed by atoms with Crippen molar-refractivity contribution in [2.45, 2.75) is 13.5 Å². The van der Waals surface area contributed by atoms with E-state index in [0.29, 0.717) is 27.7 Å². The zero-order chi connectivity index (χ0) is 22.1. The lowest BCUT2D eigenvalue weighted by Crippen LogP contribution is -2.30. The molecule has 0 saturated carbocycles. The number of carbonyl (C=O) groups is 1. The molecular weight excluding hydrogens is 402 g/mol. The summed E-state index contributed by atoms with van der Waals surface area (Å²) in [6, 6.07) is 11.0. The average Bonchev–Trinajstić information content (AvgIpc) is 3.07. The van der Waals surface area contributed by atoms with Gasteiger partial charge in [0.2, 0.25) is 0 Å². The van der Waals surface area contributed by atoms with Gasteiger partial charge in [0.25, 0.3) is 5.91 Å². The lowest BCUT2D eigenvalue weighted by atomic mass is 9.77. The second-order valence-corrected chi connectivity index (χ2v) is 6.95. The maximum absolute atomic E-state index is 13.5. The van der Waals surface area contributed by atoms with Crippen molar-refractivity contribution in [3.63, 3.8) is 0 Å². The van der Waals surface area contributed by atoms with E-state index in [4.69, 9.17) is 5.73 Å². The molecule has 11 heteroatoms. The largest absolute Gasteiger partial charge is 0.489 e. The molecule has 4 rings (SSSR count). The van der Waals surface area contributed by atoms with E-state index in [1.54, 1.807) is 37.3 Å². The Morgan fingerprint density at radius 3 is 2.71 bits per heavy atom. The van der Waals surface area contributed by atoms with Gasteiger partial charge in [-0.3, -0.25) is 4.79 Å². The fourth-order valence-electron chi connectivity index (χ4n) is 3.45. The van der Waals surface area contributed by atoms with Crippen molar-refractivity contribution in [3.8, 4) is 11.4 Å². The van der Waals surface area contributed by atoms with Crippen molar-refractivity contribution >= 4 is 35.2 Å². The maximum Gasteiger partial charge on any atom is 0.489 e. The third kappa shape index (κ3) is 3.96. The van der Waals surface area contributed by atoms with E-state index in [1.165, 1.54) is 12.1 Å². The molecule has 0 spiro atoms. The van der Waals surface area contributed by atoms with Crippen LogP contribution in [-0.4, -0.2) is 43.2 Å². The van der Waals surface area contributed by atoms with E-state index >= 15 is 0 Å². The van der Waals surface area contributed by atoms with E-state index in [9.17, 15) is 19.2 Å². The predicted octanol–water partition coefficient (Wildman–Crippen LogP) is 0.858. The van der Waals surface area contributed by atoms with Crippen LogP contribution in [0.2, 0.25) is 0 Å². The van der Waals surface area contributed by atoms with Gasteiger partial charge >= 0.3 is 7.12 Å². The molecule has 31 heavy (non-hydrogen) atoms. The Balaban J connectivity index is 1.81. The summed E-state index contributed by atoms with van der Waals surface area (Å²) in [7, 11) is -1.71. The van der Waals surface area contributed by atoms with Gasteiger partial charge in [-0.25, -0.2) is 9.37 Å². The van der Waals surface area contributed by atoms with E-state index in [2.05, 4.69) is 25.5 Å². The van der Waals surface area contributed by atoms with Crippen LogP contribution in [0.4, 0.5) is 10.2 Å². The number of aromatic nitrogens is 4. The van der Waals surface area contributed by atoms with Crippen LogP contribution in [0.15, 0.2) is 42.5 Å². The van der Waals surface area contributed by atoms with Crippen molar-refractivity contribution in [3.05, 3.63) is 65.2 Å². The van der Waals surface area contributed by atoms with Crippen LogP contribution in [0.3, 0.4) is 0 Å². The summed E-state index contributed by atoms with van der Waals surface area (Å²) in [5.74, 6) is -0.975. The highest BCUT2D eigenvalue weighted by Gasteiger charge is 2.24. The third-order valence-corrected chi connectivity index (χ3v) is 4.81. The van der Waals surface area contributed by atoms with Gasteiger partial charge in [-0.15, -0.1) is 10.2 Å². The second kappa shape index (κ2) is 8.13. The fraction of sp³-hybridized carbons (Fsp3) is 0.100. The number of nitrogens with two attached hydrogens (primary N) is 1. The number of benzene rings is 2. The van der Waals surface area contributed by atoms with Crippen LogP contribution in [0.25, 0.3) is 22.3 Å². The van der Waals surface area contributed by atoms with Crippen LogP contribution in [0, 0.1) is 12.7 Å². The summed E-state index contributed by atoms with van der Waals surface area (Å²) in [5, 5.41) is 31.0. The SMILES string of the molecule is Cc1[nH]c2cccc(B(O)O)c2c1-c1nnc(C(N)=O)c(NCc2cccc(F)c2)n1. The van der Waals surface area contributed by atoms with Crippen LogP contribution in [-0.2, 0) is 6.54 Å². The first-order valence-corrected chi connectivity index (χ1v) is 9.35. The van der Waals surface area contributed by atoms with Gasteiger partial charge in [0.05, 0.1) is 0 Å². The zero-order valence-electron chi connectivity index (χ0n) is 16.4. The van der Waals surface area contributed by atoms with Crippen molar-refractivity contribution in [2.24, 2.45) is 5.73 Å². The van der Waals surface area contributed by atoms with Crippen LogP contribution >= 0.6 is 0 Å². The minimum absolute atomic E-state index is 0.0811. The Hall–Kier alpha value is -3.83. The summed E-state index contributed by atoms with van der Waals surface area (Å²) in [6.07, 6.45) is 0. The highest BCUT2D eigenvalue weighted by molar-refractivity contribution is 6.62. The second-order valence-electron chi connectivity index (χ2n) is 6.95. The molecule has 0 atom stereocenters. The molecule has 0 fully saturated rings. The Kier molecular flexibility index (Phi) is 5.36. The van der Waals surface area contributed by atoms with E-state index in [1.807, 2.05) is 0 Å².